The maximum atomic E-state index is 12.4. The van der Waals surface area contributed by atoms with Gasteiger partial charge < -0.3 is 10.6 Å². The Morgan fingerprint density at radius 1 is 0.875 bits per heavy atom. The van der Waals surface area contributed by atoms with Crippen molar-refractivity contribution in [2.75, 3.05) is 10.6 Å². The summed E-state index contributed by atoms with van der Waals surface area (Å²) in [7, 11) is -3.31. The van der Waals surface area contributed by atoms with E-state index in [9.17, 15) is 8.42 Å². The number of nitrogens with one attached hydrogen (secondary N) is 2. The predicted octanol–water partition coefficient (Wildman–Crippen LogP) is 5.68. The quantitative estimate of drug-likeness (QED) is 0.376. The van der Waals surface area contributed by atoms with Gasteiger partial charge >= 0.3 is 0 Å². The zero-order chi connectivity index (χ0) is 23.0. The predicted molar refractivity (Wildman–Crippen MR) is 131 cm³/mol. The molecule has 0 saturated carbocycles. The average Bonchev–Trinajstić information content (AvgIpc) is 3.14. The Balaban J connectivity index is 1.66. The van der Waals surface area contributed by atoms with E-state index in [1.54, 1.807) is 38.1 Å². The standard InChI is InChI=1S/C23H25N5O2S2/c1-13(2)32(29,30)18-11-9-17(10-12-18)26-21-20-22(25-16(5)24-21)31-23(28-20)27-19-14(3)7-6-8-15(19)4/h6-13H,1-5H3,(H,27,28)(H,24,25,26). The van der Waals surface area contributed by atoms with Crippen molar-refractivity contribution in [3.63, 3.8) is 0 Å². The molecule has 0 spiro atoms. The topological polar surface area (TPSA) is 96.9 Å². The molecule has 0 aliphatic heterocycles. The summed E-state index contributed by atoms with van der Waals surface area (Å²) in [6.07, 6.45) is 0. The second-order valence-electron chi connectivity index (χ2n) is 7.93. The van der Waals surface area contributed by atoms with Gasteiger partial charge in [0.25, 0.3) is 0 Å². The number of hydrogen-bond donors (Lipinski definition) is 2. The molecule has 0 bridgehead atoms. The van der Waals surface area contributed by atoms with Gasteiger partial charge in [0.1, 0.15) is 11.3 Å². The van der Waals surface area contributed by atoms with E-state index in [4.69, 9.17) is 4.98 Å². The number of aromatic nitrogens is 3. The van der Waals surface area contributed by atoms with Crippen molar-refractivity contribution in [1.29, 1.82) is 0 Å². The first-order valence-corrected chi connectivity index (χ1v) is 12.6. The molecule has 0 amide bonds. The molecule has 2 aromatic heterocycles. The number of fused-ring (bicyclic) bond motifs is 1. The minimum Gasteiger partial charge on any atom is -0.338 e. The number of thiazole rings is 1. The van der Waals surface area contributed by atoms with Crippen molar-refractivity contribution in [2.24, 2.45) is 0 Å². The zero-order valence-corrected chi connectivity index (χ0v) is 20.2. The Bertz CT molecular complexity index is 1370. The SMILES string of the molecule is Cc1nc(Nc2ccc(S(=O)(=O)C(C)C)cc2)c2nc(Nc3c(C)cccc3C)sc2n1. The number of rotatable bonds is 6. The average molecular weight is 468 g/mol. The van der Waals surface area contributed by atoms with E-state index in [1.165, 1.54) is 11.3 Å². The third kappa shape index (κ3) is 4.31. The minimum absolute atomic E-state index is 0.302. The van der Waals surface area contributed by atoms with Crippen LogP contribution in [0.5, 0.6) is 0 Å². The van der Waals surface area contributed by atoms with E-state index in [1.807, 2.05) is 13.0 Å². The van der Waals surface area contributed by atoms with Gasteiger partial charge in [-0.3, -0.25) is 0 Å². The molecule has 9 heteroatoms. The molecule has 0 unspecified atom stereocenters. The van der Waals surface area contributed by atoms with E-state index in [-0.39, 0.29) is 0 Å². The highest BCUT2D eigenvalue weighted by molar-refractivity contribution is 7.92. The first-order chi connectivity index (χ1) is 15.1. The minimum atomic E-state index is -3.31. The molecule has 166 valence electrons. The third-order valence-corrected chi connectivity index (χ3v) is 8.18. The fraction of sp³-hybridized carbons (Fsp3) is 0.261. The second kappa shape index (κ2) is 8.48. The summed E-state index contributed by atoms with van der Waals surface area (Å²) in [5.41, 5.74) is 4.70. The lowest BCUT2D eigenvalue weighted by molar-refractivity contribution is 0.587. The summed E-state index contributed by atoms with van der Waals surface area (Å²) in [6, 6.07) is 12.8. The first kappa shape index (κ1) is 22.2. The number of aryl methyl sites for hydroxylation is 3. The van der Waals surface area contributed by atoms with Crippen molar-refractivity contribution in [3.8, 4) is 0 Å². The smallest absolute Gasteiger partial charge is 0.189 e. The molecule has 0 saturated heterocycles. The van der Waals surface area contributed by atoms with Crippen molar-refractivity contribution in [3.05, 3.63) is 59.4 Å². The number of hydrogen-bond acceptors (Lipinski definition) is 8. The molecule has 0 fully saturated rings. The number of sulfone groups is 1. The van der Waals surface area contributed by atoms with Gasteiger partial charge in [0, 0.05) is 11.4 Å². The summed E-state index contributed by atoms with van der Waals surface area (Å²) in [4.78, 5) is 14.9. The molecular formula is C23H25N5O2S2. The summed E-state index contributed by atoms with van der Waals surface area (Å²) in [5, 5.41) is 6.95. The van der Waals surface area contributed by atoms with Crippen LogP contribution in [0.25, 0.3) is 10.3 Å². The second-order valence-corrected chi connectivity index (χ2v) is 11.4. The zero-order valence-electron chi connectivity index (χ0n) is 18.6. The van der Waals surface area contributed by atoms with Crippen LogP contribution < -0.4 is 10.6 Å². The molecule has 32 heavy (non-hydrogen) atoms. The van der Waals surface area contributed by atoms with E-state index in [0.717, 1.165) is 32.5 Å². The Morgan fingerprint density at radius 2 is 1.53 bits per heavy atom. The first-order valence-electron chi connectivity index (χ1n) is 10.2. The van der Waals surface area contributed by atoms with Gasteiger partial charge in [-0.15, -0.1) is 0 Å². The molecule has 0 radical (unpaired) electrons. The van der Waals surface area contributed by atoms with Crippen LogP contribution in [0.1, 0.15) is 30.8 Å². The van der Waals surface area contributed by atoms with Gasteiger partial charge in [0.15, 0.2) is 25.6 Å². The highest BCUT2D eigenvalue weighted by atomic mass is 32.2. The molecule has 4 rings (SSSR count). The van der Waals surface area contributed by atoms with E-state index >= 15 is 0 Å². The number of anilines is 4. The lowest BCUT2D eigenvalue weighted by Gasteiger charge is -2.10. The van der Waals surface area contributed by atoms with Crippen molar-refractivity contribution < 1.29 is 8.42 Å². The van der Waals surface area contributed by atoms with Crippen LogP contribution in [0.15, 0.2) is 47.4 Å². The maximum Gasteiger partial charge on any atom is 0.189 e. The van der Waals surface area contributed by atoms with Crippen LogP contribution in [0.4, 0.5) is 22.3 Å². The monoisotopic (exact) mass is 467 g/mol. The summed E-state index contributed by atoms with van der Waals surface area (Å²) in [5.74, 6) is 1.21. The highest BCUT2D eigenvalue weighted by Gasteiger charge is 2.19. The Hall–Kier alpha value is -3.04. The number of para-hydroxylation sites is 1. The molecule has 4 aromatic rings. The van der Waals surface area contributed by atoms with Gasteiger partial charge in [-0.25, -0.2) is 23.4 Å². The van der Waals surface area contributed by atoms with Crippen LogP contribution in [0.2, 0.25) is 0 Å². The van der Waals surface area contributed by atoms with Crippen LogP contribution >= 0.6 is 11.3 Å². The van der Waals surface area contributed by atoms with E-state index in [0.29, 0.717) is 22.1 Å². The summed E-state index contributed by atoms with van der Waals surface area (Å²) in [6.45, 7) is 9.30. The fourth-order valence-corrected chi connectivity index (χ4v) is 5.27. The normalized spacial score (nSPS) is 11.8. The Kier molecular flexibility index (Phi) is 5.87. The highest BCUT2D eigenvalue weighted by Crippen LogP contribution is 2.33. The lowest BCUT2D eigenvalue weighted by atomic mass is 10.1. The molecule has 2 heterocycles. The third-order valence-electron chi connectivity index (χ3n) is 5.15. The largest absolute Gasteiger partial charge is 0.338 e. The fourth-order valence-electron chi connectivity index (χ4n) is 3.32. The Labute approximate surface area is 191 Å². The van der Waals surface area contributed by atoms with E-state index in [2.05, 4.69) is 46.6 Å². The molecule has 2 aromatic carbocycles. The van der Waals surface area contributed by atoms with Crippen LogP contribution in [0, 0.1) is 20.8 Å². The van der Waals surface area contributed by atoms with Crippen LogP contribution in [-0.4, -0.2) is 28.6 Å². The Morgan fingerprint density at radius 3 is 2.16 bits per heavy atom. The molecular weight excluding hydrogens is 442 g/mol. The van der Waals surface area contributed by atoms with Crippen molar-refractivity contribution in [2.45, 2.75) is 44.8 Å². The van der Waals surface area contributed by atoms with Gasteiger partial charge in [-0.1, -0.05) is 29.5 Å². The number of nitrogens with zero attached hydrogens (tertiary/aromatic N) is 3. The summed E-state index contributed by atoms with van der Waals surface area (Å²) >= 11 is 1.46. The molecule has 0 aliphatic rings. The molecule has 7 nitrogen and oxygen atoms in total. The molecule has 0 aliphatic carbocycles. The molecule has 0 atom stereocenters. The lowest BCUT2D eigenvalue weighted by Crippen LogP contribution is -2.13. The van der Waals surface area contributed by atoms with Gasteiger partial charge in [0.2, 0.25) is 0 Å². The maximum absolute atomic E-state index is 12.4. The van der Waals surface area contributed by atoms with E-state index < -0.39 is 15.1 Å². The van der Waals surface area contributed by atoms with Crippen LogP contribution in [0.3, 0.4) is 0 Å². The molecule has 2 N–H and O–H groups in total. The summed E-state index contributed by atoms with van der Waals surface area (Å²) < 4.78 is 24.7. The van der Waals surface area contributed by atoms with Gasteiger partial charge in [-0.2, -0.15) is 0 Å². The van der Waals surface area contributed by atoms with Gasteiger partial charge in [0.05, 0.1) is 10.1 Å². The van der Waals surface area contributed by atoms with Crippen molar-refractivity contribution >= 4 is 53.8 Å². The number of benzene rings is 2. The van der Waals surface area contributed by atoms with Gasteiger partial charge in [-0.05, 0) is 70.0 Å². The van der Waals surface area contributed by atoms with Crippen molar-refractivity contribution in [1.82, 2.24) is 15.0 Å². The van der Waals surface area contributed by atoms with Crippen LogP contribution in [-0.2, 0) is 9.84 Å².